The number of carbonyl (C=O) groups is 2. The first-order valence-corrected chi connectivity index (χ1v) is 13.4. The maximum Gasteiger partial charge on any atom is 0.309 e. The van der Waals surface area contributed by atoms with E-state index in [4.69, 9.17) is 9.47 Å². The Morgan fingerprint density at radius 3 is 1.61 bits per heavy atom. The minimum absolute atomic E-state index is 0.144. The predicted molar refractivity (Wildman–Crippen MR) is 130 cm³/mol. The average Bonchev–Trinajstić information content (AvgIpc) is 2.76. The molecule has 0 aliphatic heterocycles. The summed E-state index contributed by atoms with van der Waals surface area (Å²) in [4.78, 5) is 25.1. The molecule has 0 aliphatic rings. The van der Waals surface area contributed by atoms with Crippen LogP contribution >= 0.6 is 0 Å². The highest BCUT2D eigenvalue weighted by Gasteiger charge is 2.29. The highest BCUT2D eigenvalue weighted by molar-refractivity contribution is 5.80. The van der Waals surface area contributed by atoms with Gasteiger partial charge in [-0.1, -0.05) is 111 Å². The van der Waals surface area contributed by atoms with Crippen LogP contribution in [0.2, 0.25) is 0 Å². The summed E-state index contributed by atoms with van der Waals surface area (Å²) in [6.07, 6.45) is 18.5. The minimum Gasteiger partial charge on any atom is -0.466 e. The van der Waals surface area contributed by atoms with E-state index in [0.29, 0.717) is 13.2 Å². The van der Waals surface area contributed by atoms with Gasteiger partial charge in [0, 0.05) is 0 Å². The molecule has 0 saturated carbocycles. The second-order valence-electron chi connectivity index (χ2n) is 9.21. The highest BCUT2D eigenvalue weighted by Crippen LogP contribution is 2.24. The van der Waals surface area contributed by atoms with Crippen LogP contribution in [-0.4, -0.2) is 25.2 Å². The molecule has 0 aromatic rings. The summed E-state index contributed by atoms with van der Waals surface area (Å²) in [6, 6.07) is 0. The summed E-state index contributed by atoms with van der Waals surface area (Å²) < 4.78 is 11.0. The summed E-state index contributed by atoms with van der Waals surface area (Å²) in [5, 5.41) is 0. The van der Waals surface area contributed by atoms with Gasteiger partial charge in [-0.2, -0.15) is 0 Å². The Bertz CT molecular complexity index is 421. The summed E-state index contributed by atoms with van der Waals surface area (Å²) in [5.74, 6) is -0.703. The average molecular weight is 441 g/mol. The SMILES string of the molecule is CCCCCCCCOC(=O)CC(C(=O)OCCCCCCCC)C(C)CCCCC. The molecular weight excluding hydrogens is 388 g/mol. The normalized spacial score (nSPS) is 13.0. The number of ether oxygens (including phenoxy) is 2. The van der Waals surface area contributed by atoms with Gasteiger partial charge in [0.2, 0.25) is 0 Å². The van der Waals surface area contributed by atoms with E-state index in [9.17, 15) is 9.59 Å². The molecule has 0 heterocycles. The fourth-order valence-electron chi connectivity index (χ4n) is 3.90. The third kappa shape index (κ3) is 18.2. The van der Waals surface area contributed by atoms with E-state index in [1.165, 1.54) is 51.4 Å². The van der Waals surface area contributed by atoms with Gasteiger partial charge in [-0.05, 0) is 25.2 Å². The van der Waals surface area contributed by atoms with E-state index in [2.05, 4.69) is 27.7 Å². The standard InChI is InChI=1S/C27H52O4/c1-5-8-11-13-15-18-21-30-26(28)23-25(24(4)20-17-10-7-3)27(29)31-22-19-16-14-12-9-6-2/h24-25H,5-23H2,1-4H3. The van der Waals surface area contributed by atoms with Gasteiger partial charge >= 0.3 is 11.9 Å². The minimum atomic E-state index is -0.381. The van der Waals surface area contributed by atoms with E-state index in [1.807, 2.05) is 0 Å². The first-order valence-electron chi connectivity index (χ1n) is 13.4. The maximum atomic E-state index is 12.7. The van der Waals surface area contributed by atoms with Crippen molar-refractivity contribution in [2.45, 2.75) is 137 Å². The van der Waals surface area contributed by atoms with Crippen LogP contribution in [0.1, 0.15) is 137 Å². The molecule has 31 heavy (non-hydrogen) atoms. The van der Waals surface area contributed by atoms with Crippen molar-refractivity contribution >= 4 is 11.9 Å². The quantitative estimate of drug-likeness (QED) is 0.126. The van der Waals surface area contributed by atoms with Gasteiger partial charge in [0.25, 0.3) is 0 Å². The third-order valence-electron chi connectivity index (χ3n) is 6.14. The van der Waals surface area contributed by atoms with Crippen LogP contribution in [0.5, 0.6) is 0 Å². The lowest BCUT2D eigenvalue weighted by Gasteiger charge is -2.22. The van der Waals surface area contributed by atoms with Crippen molar-refractivity contribution in [2.24, 2.45) is 11.8 Å². The van der Waals surface area contributed by atoms with Crippen molar-refractivity contribution in [3.63, 3.8) is 0 Å². The second kappa shape index (κ2) is 22.1. The first-order chi connectivity index (χ1) is 15.1. The predicted octanol–water partition coefficient (Wildman–Crippen LogP) is 8.02. The highest BCUT2D eigenvalue weighted by atomic mass is 16.5. The molecule has 0 rings (SSSR count). The maximum absolute atomic E-state index is 12.7. The molecule has 0 bridgehead atoms. The molecule has 4 heteroatoms. The van der Waals surface area contributed by atoms with E-state index in [1.54, 1.807) is 0 Å². The molecule has 0 saturated heterocycles. The van der Waals surface area contributed by atoms with Gasteiger partial charge < -0.3 is 9.47 Å². The lowest BCUT2D eigenvalue weighted by Crippen LogP contribution is -2.28. The second-order valence-corrected chi connectivity index (χ2v) is 9.21. The zero-order valence-electron chi connectivity index (χ0n) is 21.2. The van der Waals surface area contributed by atoms with Crippen molar-refractivity contribution in [2.75, 3.05) is 13.2 Å². The number of hydrogen-bond acceptors (Lipinski definition) is 4. The number of unbranched alkanes of at least 4 members (excludes halogenated alkanes) is 12. The van der Waals surface area contributed by atoms with Crippen LogP contribution in [0.3, 0.4) is 0 Å². The van der Waals surface area contributed by atoms with Crippen LogP contribution in [0, 0.1) is 11.8 Å². The lowest BCUT2D eigenvalue weighted by atomic mass is 9.87. The number of esters is 2. The van der Waals surface area contributed by atoms with Crippen molar-refractivity contribution in [1.82, 2.24) is 0 Å². The Balaban J connectivity index is 4.34. The molecule has 0 aliphatic carbocycles. The van der Waals surface area contributed by atoms with E-state index < -0.39 is 0 Å². The Hall–Kier alpha value is -1.06. The zero-order chi connectivity index (χ0) is 23.2. The molecule has 184 valence electrons. The number of carbonyl (C=O) groups excluding carboxylic acids is 2. The molecule has 0 spiro atoms. The number of rotatable bonds is 22. The van der Waals surface area contributed by atoms with Crippen LogP contribution in [-0.2, 0) is 19.1 Å². The van der Waals surface area contributed by atoms with E-state index in [0.717, 1.165) is 51.4 Å². The smallest absolute Gasteiger partial charge is 0.309 e. The van der Waals surface area contributed by atoms with Gasteiger partial charge in [-0.15, -0.1) is 0 Å². The molecule has 0 aromatic carbocycles. The lowest BCUT2D eigenvalue weighted by molar-refractivity contribution is -0.157. The zero-order valence-corrected chi connectivity index (χ0v) is 21.2. The van der Waals surface area contributed by atoms with Crippen LogP contribution in [0.15, 0.2) is 0 Å². The first kappa shape index (κ1) is 29.9. The van der Waals surface area contributed by atoms with Gasteiger partial charge in [-0.3, -0.25) is 9.59 Å². The molecule has 0 amide bonds. The fourth-order valence-corrected chi connectivity index (χ4v) is 3.90. The fraction of sp³-hybridized carbons (Fsp3) is 0.926. The van der Waals surface area contributed by atoms with Gasteiger partial charge in [0.1, 0.15) is 0 Å². The summed E-state index contributed by atoms with van der Waals surface area (Å²) in [5.41, 5.74) is 0. The van der Waals surface area contributed by atoms with Crippen LogP contribution in [0.25, 0.3) is 0 Å². The summed E-state index contributed by atoms with van der Waals surface area (Å²) in [7, 11) is 0. The molecular formula is C27H52O4. The van der Waals surface area contributed by atoms with Gasteiger partial charge in [0.15, 0.2) is 0 Å². The van der Waals surface area contributed by atoms with Crippen molar-refractivity contribution < 1.29 is 19.1 Å². The molecule has 2 unspecified atom stereocenters. The van der Waals surface area contributed by atoms with E-state index in [-0.39, 0.29) is 30.2 Å². The van der Waals surface area contributed by atoms with Crippen LogP contribution in [0.4, 0.5) is 0 Å². The monoisotopic (exact) mass is 440 g/mol. The third-order valence-corrected chi connectivity index (χ3v) is 6.14. The molecule has 0 fully saturated rings. The van der Waals surface area contributed by atoms with Gasteiger partial charge in [0.05, 0.1) is 25.6 Å². The summed E-state index contributed by atoms with van der Waals surface area (Å²) >= 11 is 0. The Morgan fingerprint density at radius 1 is 0.613 bits per heavy atom. The number of hydrogen-bond donors (Lipinski definition) is 0. The van der Waals surface area contributed by atoms with Crippen LogP contribution < -0.4 is 0 Å². The van der Waals surface area contributed by atoms with Crippen molar-refractivity contribution in [3.8, 4) is 0 Å². The Morgan fingerprint density at radius 2 is 1.06 bits per heavy atom. The molecule has 4 nitrogen and oxygen atoms in total. The van der Waals surface area contributed by atoms with Gasteiger partial charge in [-0.25, -0.2) is 0 Å². The Kier molecular flexibility index (Phi) is 21.4. The van der Waals surface area contributed by atoms with Crippen molar-refractivity contribution in [1.29, 1.82) is 0 Å². The molecule has 0 aromatic heterocycles. The topological polar surface area (TPSA) is 52.6 Å². The molecule has 2 atom stereocenters. The van der Waals surface area contributed by atoms with E-state index >= 15 is 0 Å². The largest absolute Gasteiger partial charge is 0.466 e. The molecule has 0 radical (unpaired) electrons. The Labute approximate surface area is 193 Å². The van der Waals surface area contributed by atoms with Crippen molar-refractivity contribution in [3.05, 3.63) is 0 Å². The molecule has 0 N–H and O–H groups in total. The summed E-state index contributed by atoms with van der Waals surface area (Å²) in [6.45, 7) is 9.61.